The molecular weight excluding hydrogens is 252 g/mol. The predicted octanol–water partition coefficient (Wildman–Crippen LogP) is 2.71. The molecule has 4 rings (SSSR count). The van der Waals surface area contributed by atoms with Gasteiger partial charge in [-0.15, -0.1) is 0 Å². The second kappa shape index (κ2) is 4.03. The summed E-state index contributed by atoms with van der Waals surface area (Å²) in [7, 11) is 0. The molecule has 20 heavy (non-hydrogen) atoms. The van der Waals surface area contributed by atoms with Gasteiger partial charge in [0, 0.05) is 5.39 Å². The summed E-state index contributed by atoms with van der Waals surface area (Å²) in [5.41, 5.74) is 4.09. The van der Waals surface area contributed by atoms with Gasteiger partial charge in [-0.25, -0.2) is 4.98 Å². The second-order valence-electron chi connectivity index (χ2n) is 4.53. The highest BCUT2D eigenvalue weighted by atomic mass is 16.1. The average molecular weight is 262 g/mol. The average Bonchev–Trinajstić information content (AvgIpc) is 3.10. The summed E-state index contributed by atoms with van der Waals surface area (Å²) < 4.78 is 1.98. The van der Waals surface area contributed by atoms with E-state index in [-0.39, 0.29) is 0 Å². The van der Waals surface area contributed by atoms with E-state index < -0.39 is 0 Å². The summed E-state index contributed by atoms with van der Waals surface area (Å²) in [5.74, 6) is 0. The molecule has 0 aliphatic carbocycles. The lowest BCUT2D eigenvalue weighted by atomic mass is 10.2. The van der Waals surface area contributed by atoms with Crippen molar-refractivity contribution in [1.82, 2.24) is 19.7 Å². The number of carbonyl (C=O) groups is 1. The van der Waals surface area contributed by atoms with Crippen LogP contribution in [0.15, 0.2) is 48.8 Å². The monoisotopic (exact) mass is 262 g/mol. The molecular formula is C15H10N4O. The third-order valence-electron chi connectivity index (χ3n) is 3.42. The molecule has 0 aliphatic rings. The Morgan fingerprint density at radius 2 is 2.00 bits per heavy atom. The van der Waals surface area contributed by atoms with E-state index >= 15 is 0 Å². The zero-order chi connectivity index (χ0) is 13.5. The maximum atomic E-state index is 11.0. The largest absolute Gasteiger partial charge is 0.297 e. The minimum Gasteiger partial charge on any atom is -0.297 e. The van der Waals surface area contributed by atoms with Crippen LogP contribution in [-0.2, 0) is 0 Å². The van der Waals surface area contributed by atoms with Gasteiger partial charge in [0.2, 0.25) is 0 Å². The van der Waals surface area contributed by atoms with Gasteiger partial charge in [0.1, 0.15) is 17.5 Å². The molecule has 96 valence electrons. The van der Waals surface area contributed by atoms with Gasteiger partial charge in [0.25, 0.3) is 0 Å². The highest BCUT2D eigenvalue weighted by Gasteiger charge is 2.11. The number of fused-ring (bicyclic) bond motifs is 2. The maximum Gasteiger partial charge on any atom is 0.168 e. The molecule has 4 aromatic rings. The minimum atomic E-state index is 0.492. The maximum absolute atomic E-state index is 11.0. The number of H-pyrrole nitrogens is 1. The van der Waals surface area contributed by atoms with E-state index in [1.165, 1.54) is 0 Å². The fourth-order valence-electron chi connectivity index (χ4n) is 2.48. The number of benzene rings is 2. The molecule has 5 heteroatoms. The third-order valence-corrected chi connectivity index (χ3v) is 3.42. The van der Waals surface area contributed by atoms with Gasteiger partial charge in [-0.2, -0.15) is 5.10 Å². The topological polar surface area (TPSA) is 63.6 Å². The van der Waals surface area contributed by atoms with E-state index in [1.54, 1.807) is 6.33 Å². The third kappa shape index (κ3) is 1.40. The van der Waals surface area contributed by atoms with Gasteiger partial charge in [0.15, 0.2) is 6.29 Å². The summed E-state index contributed by atoms with van der Waals surface area (Å²) >= 11 is 0. The lowest BCUT2D eigenvalue weighted by Crippen LogP contribution is -1.93. The lowest BCUT2D eigenvalue weighted by molar-refractivity contribution is 0.112. The Balaban J connectivity index is 2.07. The van der Waals surface area contributed by atoms with E-state index in [2.05, 4.69) is 15.2 Å². The van der Waals surface area contributed by atoms with Crippen LogP contribution in [0, 0.1) is 0 Å². The SMILES string of the molecule is O=Cc1[nH]nc2c(-n3cnc4ccccc43)cccc12. The zero-order valence-corrected chi connectivity index (χ0v) is 10.4. The van der Waals surface area contributed by atoms with E-state index in [9.17, 15) is 4.79 Å². The number of aromatic amines is 1. The number of aromatic nitrogens is 4. The molecule has 0 bridgehead atoms. The van der Waals surface area contributed by atoms with Crippen molar-refractivity contribution in [3.8, 4) is 5.69 Å². The van der Waals surface area contributed by atoms with Crippen LogP contribution in [0.25, 0.3) is 27.6 Å². The zero-order valence-electron chi connectivity index (χ0n) is 10.4. The Hall–Kier alpha value is -2.95. The molecule has 2 aromatic heterocycles. The van der Waals surface area contributed by atoms with Crippen molar-refractivity contribution in [3.05, 3.63) is 54.5 Å². The smallest absolute Gasteiger partial charge is 0.168 e. The molecule has 0 amide bonds. The van der Waals surface area contributed by atoms with Crippen LogP contribution >= 0.6 is 0 Å². The van der Waals surface area contributed by atoms with E-state index in [1.807, 2.05) is 47.0 Å². The normalized spacial score (nSPS) is 11.2. The van der Waals surface area contributed by atoms with Crippen LogP contribution in [0.3, 0.4) is 0 Å². The molecule has 0 fully saturated rings. The fourth-order valence-corrected chi connectivity index (χ4v) is 2.48. The highest BCUT2D eigenvalue weighted by molar-refractivity contribution is 5.99. The van der Waals surface area contributed by atoms with Crippen LogP contribution in [0.5, 0.6) is 0 Å². The second-order valence-corrected chi connectivity index (χ2v) is 4.53. The van der Waals surface area contributed by atoms with Gasteiger partial charge in [-0.1, -0.05) is 24.3 Å². The van der Waals surface area contributed by atoms with E-state index in [0.29, 0.717) is 5.69 Å². The molecule has 2 heterocycles. The Morgan fingerprint density at radius 3 is 2.90 bits per heavy atom. The predicted molar refractivity (Wildman–Crippen MR) is 76.1 cm³/mol. The number of aldehydes is 1. The minimum absolute atomic E-state index is 0.492. The molecule has 0 radical (unpaired) electrons. The van der Waals surface area contributed by atoms with Crippen molar-refractivity contribution in [2.75, 3.05) is 0 Å². The number of nitrogens with zero attached hydrogens (tertiary/aromatic N) is 3. The van der Waals surface area contributed by atoms with Gasteiger partial charge in [-0.05, 0) is 18.2 Å². The van der Waals surface area contributed by atoms with Gasteiger partial charge in [-0.3, -0.25) is 14.5 Å². The molecule has 0 unspecified atom stereocenters. The summed E-state index contributed by atoms with van der Waals surface area (Å²) in [6, 6.07) is 13.7. The van der Waals surface area contributed by atoms with Crippen molar-refractivity contribution >= 4 is 28.2 Å². The van der Waals surface area contributed by atoms with Crippen LogP contribution in [-0.4, -0.2) is 26.0 Å². The van der Waals surface area contributed by atoms with Crippen molar-refractivity contribution < 1.29 is 4.79 Å². The number of rotatable bonds is 2. The van der Waals surface area contributed by atoms with E-state index in [0.717, 1.165) is 33.9 Å². The fraction of sp³-hybridized carbons (Fsp3) is 0. The standard InChI is InChI=1S/C15H10N4O/c20-8-12-10-4-3-7-14(15(10)18-17-12)19-9-16-11-5-1-2-6-13(11)19/h1-9H,(H,17,18). The molecule has 0 saturated heterocycles. The number of para-hydroxylation sites is 3. The number of imidazole rings is 1. The van der Waals surface area contributed by atoms with Gasteiger partial charge < -0.3 is 0 Å². The van der Waals surface area contributed by atoms with Crippen LogP contribution in [0.1, 0.15) is 10.5 Å². The summed E-state index contributed by atoms with van der Waals surface area (Å²) in [6.07, 6.45) is 2.56. The number of hydrogen-bond donors (Lipinski definition) is 1. The van der Waals surface area contributed by atoms with Crippen molar-refractivity contribution in [2.45, 2.75) is 0 Å². The lowest BCUT2D eigenvalue weighted by Gasteiger charge is -2.04. The van der Waals surface area contributed by atoms with Crippen molar-refractivity contribution in [1.29, 1.82) is 0 Å². The van der Waals surface area contributed by atoms with Crippen LogP contribution in [0.2, 0.25) is 0 Å². The Bertz CT molecular complexity index is 935. The first-order chi connectivity index (χ1) is 9.88. The first-order valence-corrected chi connectivity index (χ1v) is 6.23. The Labute approximate surface area is 113 Å². The summed E-state index contributed by atoms with van der Waals surface area (Å²) in [5, 5.41) is 7.82. The Morgan fingerprint density at radius 1 is 1.10 bits per heavy atom. The summed E-state index contributed by atoms with van der Waals surface area (Å²) in [4.78, 5) is 15.4. The van der Waals surface area contributed by atoms with Crippen molar-refractivity contribution in [2.24, 2.45) is 0 Å². The molecule has 0 saturated carbocycles. The highest BCUT2D eigenvalue weighted by Crippen LogP contribution is 2.25. The molecule has 5 nitrogen and oxygen atoms in total. The van der Waals surface area contributed by atoms with Crippen molar-refractivity contribution in [3.63, 3.8) is 0 Å². The Kier molecular flexibility index (Phi) is 2.20. The van der Waals surface area contributed by atoms with Gasteiger partial charge >= 0.3 is 0 Å². The molecule has 0 aliphatic heterocycles. The first-order valence-electron chi connectivity index (χ1n) is 6.23. The quantitative estimate of drug-likeness (QED) is 0.565. The number of nitrogens with one attached hydrogen (secondary N) is 1. The molecule has 0 atom stereocenters. The molecule has 0 spiro atoms. The van der Waals surface area contributed by atoms with E-state index in [4.69, 9.17) is 0 Å². The first kappa shape index (κ1) is 10.9. The number of hydrogen-bond acceptors (Lipinski definition) is 3. The van der Waals surface area contributed by atoms with Crippen LogP contribution < -0.4 is 0 Å². The molecule has 1 N–H and O–H groups in total. The number of carbonyl (C=O) groups excluding carboxylic acids is 1. The van der Waals surface area contributed by atoms with Gasteiger partial charge in [0.05, 0.1) is 16.7 Å². The molecule has 2 aromatic carbocycles. The van der Waals surface area contributed by atoms with Crippen LogP contribution in [0.4, 0.5) is 0 Å². The summed E-state index contributed by atoms with van der Waals surface area (Å²) in [6.45, 7) is 0.